The first-order valence-electron chi connectivity index (χ1n) is 10.4. The van der Waals surface area contributed by atoms with E-state index in [-0.39, 0.29) is 11.5 Å². The number of aromatic hydroxyl groups is 1. The zero-order valence-corrected chi connectivity index (χ0v) is 18.1. The maximum Gasteiger partial charge on any atom is 0.207 e. The number of phenolic OH excluding ortho intramolecular Hbond substituents is 1. The normalized spacial score (nSPS) is 13.8. The highest BCUT2D eigenvalue weighted by atomic mass is 32.1. The van der Waals surface area contributed by atoms with E-state index in [9.17, 15) is 9.90 Å². The monoisotopic (exact) mass is 429 g/mol. The number of phenols is 1. The number of ether oxygens (including phenoxy) is 1. The summed E-state index contributed by atoms with van der Waals surface area (Å²) in [4.78, 5) is 16.4. The van der Waals surface area contributed by atoms with Crippen LogP contribution in [-0.2, 0) is 6.54 Å². The van der Waals surface area contributed by atoms with Crippen LogP contribution in [0.3, 0.4) is 0 Å². The molecule has 3 aromatic carbocycles. The molecule has 2 heterocycles. The molecule has 1 aromatic heterocycles. The predicted octanol–water partition coefficient (Wildman–Crippen LogP) is 6.14. The summed E-state index contributed by atoms with van der Waals surface area (Å²) in [6, 6.07) is 20.8. The highest BCUT2D eigenvalue weighted by Crippen LogP contribution is 2.42. The number of fused-ring (bicyclic) bond motifs is 1. The number of ketones is 1. The van der Waals surface area contributed by atoms with Crippen molar-refractivity contribution in [3.8, 4) is 17.2 Å². The number of hydrogen-bond donors (Lipinski definition) is 1. The summed E-state index contributed by atoms with van der Waals surface area (Å²) in [5.74, 6) is 1.34. The van der Waals surface area contributed by atoms with Gasteiger partial charge in [0.2, 0.25) is 5.78 Å². The Balaban J connectivity index is 1.51. The van der Waals surface area contributed by atoms with Gasteiger partial charge in [-0.2, -0.15) is 0 Å². The fourth-order valence-corrected chi connectivity index (χ4v) is 4.96. The van der Waals surface area contributed by atoms with Crippen molar-refractivity contribution in [3.05, 3.63) is 88.3 Å². The van der Waals surface area contributed by atoms with Crippen LogP contribution in [-0.4, -0.2) is 28.9 Å². The Morgan fingerprint density at radius 2 is 1.84 bits per heavy atom. The topological polar surface area (TPSA) is 49.8 Å². The van der Waals surface area contributed by atoms with Gasteiger partial charge in [0.15, 0.2) is 5.75 Å². The summed E-state index contributed by atoms with van der Waals surface area (Å²) in [6.07, 6.45) is 1.28. The number of carbonyl (C=O) groups excluding carboxylic acids is 1. The van der Waals surface area contributed by atoms with E-state index >= 15 is 0 Å². The number of thiophene rings is 1. The van der Waals surface area contributed by atoms with Crippen molar-refractivity contribution in [1.82, 2.24) is 4.90 Å². The molecule has 0 saturated carbocycles. The van der Waals surface area contributed by atoms with Crippen molar-refractivity contribution in [2.24, 2.45) is 0 Å². The molecular formula is C26H23NO3S. The summed E-state index contributed by atoms with van der Waals surface area (Å²) in [6.45, 7) is 5.22. The maximum atomic E-state index is 13.4. The van der Waals surface area contributed by atoms with E-state index in [0.29, 0.717) is 21.9 Å². The van der Waals surface area contributed by atoms with Crippen molar-refractivity contribution in [3.63, 3.8) is 0 Å². The van der Waals surface area contributed by atoms with E-state index in [1.165, 1.54) is 23.3 Å². The first-order valence-corrected chi connectivity index (χ1v) is 11.2. The van der Waals surface area contributed by atoms with E-state index in [4.69, 9.17) is 4.74 Å². The first-order chi connectivity index (χ1) is 15.1. The SMILES string of the molecule is Cc1ccccc1C(=O)c1sc2cc(O)ccc2c1Oc1ccc(CN2CCC2)cc1. The van der Waals surface area contributed by atoms with Crippen molar-refractivity contribution in [2.75, 3.05) is 13.1 Å². The molecule has 1 aliphatic rings. The average Bonchev–Trinajstić information content (AvgIpc) is 3.09. The lowest BCUT2D eigenvalue weighted by Gasteiger charge is -2.30. The van der Waals surface area contributed by atoms with E-state index in [2.05, 4.69) is 17.0 Å². The van der Waals surface area contributed by atoms with Crippen molar-refractivity contribution in [1.29, 1.82) is 0 Å². The van der Waals surface area contributed by atoms with Gasteiger partial charge in [-0.25, -0.2) is 0 Å². The third kappa shape index (κ3) is 3.94. The number of benzene rings is 3. The molecule has 1 saturated heterocycles. The van der Waals surface area contributed by atoms with Crippen LogP contribution in [0.1, 0.15) is 32.8 Å². The van der Waals surface area contributed by atoms with Gasteiger partial charge in [0, 0.05) is 22.2 Å². The van der Waals surface area contributed by atoms with E-state index in [0.717, 1.165) is 35.3 Å². The second-order valence-corrected chi connectivity index (χ2v) is 9.01. The van der Waals surface area contributed by atoms with E-state index in [1.807, 2.05) is 49.4 Å². The van der Waals surface area contributed by atoms with Crippen LogP contribution in [0.5, 0.6) is 17.2 Å². The Kier molecular flexibility index (Phi) is 5.22. The fraction of sp³-hybridized carbons (Fsp3) is 0.192. The van der Waals surface area contributed by atoms with Gasteiger partial charge in [0.05, 0.1) is 0 Å². The van der Waals surface area contributed by atoms with Crippen LogP contribution in [0.15, 0.2) is 66.7 Å². The lowest BCUT2D eigenvalue weighted by molar-refractivity contribution is 0.104. The molecule has 0 atom stereocenters. The van der Waals surface area contributed by atoms with Crippen LogP contribution in [0.2, 0.25) is 0 Å². The minimum atomic E-state index is -0.0665. The number of likely N-dealkylation sites (tertiary alicyclic amines) is 1. The minimum Gasteiger partial charge on any atom is -0.508 e. The van der Waals surface area contributed by atoms with E-state index in [1.54, 1.807) is 12.1 Å². The standard InChI is InChI=1S/C26H23NO3S/c1-17-5-2-3-6-21(17)24(29)26-25(22-12-9-19(28)15-23(22)31-26)30-20-10-7-18(8-11-20)16-27-13-4-14-27/h2-3,5-12,15,28H,4,13-14,16H2,1H3. The Labute approximate surface area is 185 Å². The average molecular weight is 430 g/mol. The highest BCUT2D eigenvalue weighted by Gasteiger charge is 2.23. The van der Waals surface area contributed by atoms with Gasteiger partial charge in [-0.05, 0) is 67.9 Å². The smallest absolute Gasteiger partial charge is 0.207 e. The first kappa shape index (κ1) is 19.8. The second kappa shape index (κ2) is 8.17. The number of carbonyl (C=O) groups is 1. The molecule has 0 spiro atoms. The summed E-state index contributed by atoms with van der Waals surface area (Å²) >= 11 is 1.35. The molecule has 0 bridgehead atoms. The van der Waals surface area contributed by atoms with Gasteiger partial charge in [-0.3, -0.25) is 9.69 Å². The van der Waals surface area contributed by atoms with Gasteiger partial charge >= 0.3 is 0 Å². The molecule has 4 aromatic rings. The molecule has 1 aliphatic heterocycles. The maximum absolute atomic E-state index is 13.4. The number of aryl methyl sites for hydroxylation is 1. The van der Waals surface area contributed by atoms with Crippen molar-refractivity contribution < 1.29 is 14.6 Å². The molecule has 5 heteroatoms. The lowest BCUT2D eigenvalue weighted by atomic mass is 10.0. The molecule has 0 aliphatic carbocycles. The fourth-order valence-electron chi connectivity index (χ4n) is 3.84. The molecule has 4 nitrogen and oxygen atoms in total. The van der Waals surface area contributed by atoms with Gasteiger partial charge in [-0.1, -0.05) is 36.4 Å². The molecule has 156 valence electrons. The third-order valence-electron chi connectivity index (χ3n) is 5.72. The van der Waals surface area contributed by atoms with Crippen LogP contribution >= 0.6 is 11.3 Å². The minimum absolute atomic E-state index is 0.0665. The highest BCUT2D eigenvalue weighted by molar-refractivity contribution is 7.21. The summed E-state index contributed by atoms with van der Waals surface area (Å²) in [5.41, 5.74) is 2.84. The molecule has 1 fully saturated rings. The van der Waals surface area contributed by atoms with Crippen molar-refractivity contribution >= 4 is 27.2 Å². The molecule has 0 unspecified atom stereocenters. The number of hydrogen-bond acceptors (Lipinski definition) is 5. The van der Waals surface area contributed by atoms with Gasteiger partial charge in [0.25, 0.3) is 0 Å². The largest absolute Gasteiger partial charge is 0.508 e. The Hall–Kier alpha value is -3.15. The van der Waals surface area contributed by atoms with E-state index < -0.39 is 0 Å². The van der Waals surface area contributed by atoms with Crippen LogP contribution in [0.4, 0.5) is 0 Å². The Morgan fingerprint density at radius 1 is 1.06 bits per heavy atom. The predicted molar refractivity (Wildman–Crippen MR) is 125 cm³/mol. The number of nitrogens with zero attached hydrogens (tertiary/aromatic N) is 1. The molecule has 0 amide bonds. The lowest BCUT2D eigenvalue weighted by Crippen LogP contribution is -2.36. The summed E-state index contributed by atoms with van der Waals surface area (Å²) in [5, 5.41) is 10.7. The second-order valence-electron chi connectivity index (χ2n) is 7.96. The Morgan fingerprint density at radius 3 is 2.55 bits per heavy atom. The quantitative estimate of drug-likeness (QED) is 0.374. The summed E-state index contributed by atoms with van der Waals surface area (Å²) in [7, 11) is 0. The molecule has 1 N–H and O–H groups in total. The molecular weight excluding hydrogens is 406 g/mol. The van der Waals surface area contributed by atoms with Gasteiger partial charge in [-0.15, -0.1) is 11.3 Å². The summed E-state index contributed by atoms with van der Waals surface area (Å²) < 4.78 is 7.10. The van der Waals surface area contributed by atoms with Crippen LogP contribution in [0, 0.1) is 6.92 Å². The Bertz CT molecular complexity index is 1260. The third-order valence-corrected chi connectivity index (χ3v) is 6.85. The van der Waals surface area contributed by atoms with Gasteiger partial charge in [0.1, 0.15) is 16.4 Å². The zero-order chi connectivity index (χ0) is 21.4. The molecule has 0 radical (unpaired) electrons. The number of rotatable bonds is 6. The molecule has 5 rings (SSSR count). The van der Waals surface area contributed by atoms with Crippen LogP contribution in [0.25, 0.3) is 10.1 Å². The molecule has 31 heavy (non-hydrogen) atoms. The van der Waals surface area contributed by atoms with Crippen molar-refractivity contribution in [2.45, 2.75) is 19.9 Å². The zero-order valence-electron chi connectivity index (χ0n) is 17.3. The van der Waals surface area contributed by atoms with Crippen LogP contribution < -0.4 is 4.74 Å². The van der Waals surface area contributed by atoms with Gasteiger partial charge < -0.3 is 9.84 Å².